The van der Waals surface area contributed by atoms with Gasteiger partial charge in [-0.1, -0.05) is 26.7 Å². The van der Waals surface area contributed by atoms with Crippen LogP contribution in [-0.4, -0.2) is 41.3 Å². The van der Waals surface area contributed by atoms with Gasteiger partial charge in [0, 0.05) is 25.2 Å². The van der Waals surface area contributed by atoms with Gasteiger partial charge in [0.25, 0.3) is 0 Å². The molecular weight excluding hydrogens is 252 g/mol. The van der Waals surface area contributed by atoms with E-state index in [4.69, 9.17) is 0 Å². The third-order valence-corrected chi connectivity index (χ3v) is 4.63. The van der Waals surface area contributed by atoms with Crippen LogP contribution in [0.2, 0.25) is 0 Å². The average Bonchev–Trinajstić information content (AvgIpc) is 3.10. The molecule has 2 rings (SSSR count). The van der Waals surface area contributed by atoms with Crippen molar-refractivity contribution in [3.63, 3.8) is 0 Å². The molecule has 0 spiro atoms. The van der Waals surface area contributed by atoms with Gasteiger partial charge in [0.05, 0.1) is 0 Å². The molecule has 2 saturated carbocycles. The largest absolute Gasteiger partial charge is 0.396 e. The molecule has 0 bridgehead atoms. The second kappa shape index (κ2) is 6.79. The molecule has 0 atom stereocenters. The average molecular weight is 282 g/mol. The highest BCUT2D eigenvalue weighted by atomic mass is 16.3. The first-order valence-corrected chi connectivity index (χ1v) is 8.20. The predicted molar refractivity (Wildman–Crippen MR) is 80.6 cm³/mol. The first kappa shape index (κ1) is 15.6. The number of rotatable bonds is 7. The minimum atomic E-state index is -0.0354. The van der Waals surface area contributed by atoms with Crippen molar-refractivity contribution in [2.24, 2.45) is 5.41 Å². The van der Waals surface area contributed by atoms with E-state index in [2.05, 4.69) is 24.1 Å². The van der Waals surface area contributed by atoms with Crippen molar-refractivity contribution in [1.82, 2.24) is 10.2 Å². The Kier molecular flexibility index (Phi) is 5.30. The number of amides is 2. The van der Waals surface area contributed by atoms with Gasteiger partial charge in [-0.05, 0) is 43.9 Å². The molecule has 2 amide bonds. The summed E-state index contributed by atoms with van der Waals surface area (Å²) < 4.78 is 0. The normalized spacial score (nSPS) is 20.1. The Labute approximate surface area is 122 Å². The molecule has 0 saturated heterocycles. The molecule has 0 aromatic rings. The van der Waals surface area contributed by atoms with Gasteiger partial charge in [-0.15, -0.1) is 0 Å². The highest BCUT2D eigenvalue weighted by Gasteiger charge is 2.38. The maximum Gasteiger partial charge on any atom is 0.317 e. The van der Waals surface area contributed by atoms with Crippen molar-refractivity contribution < 1.29 is 9.90 Å². The molecule has 0 aliphatic heterocycles. The number of urea groups is 1. The minimum absolute atomic E-state index is 0.0354. The van der Waals surface area contributed by atoms with Crippen LogP contribution in [0.5, 0.6) is 0 Å². The van der Waals surface area contributed by atoms with Crippen LogP contribution in [0, 0.1) is 5.41 Å². The molecule has 2 N–H and O–H groups in total. The van der Waals surface area contributed by atoms with Gasteiger partial charge < -0.3 is 15.3 Å². The molecule has 2 aliphatic rings. The van der Waals surface area contributed by atoms with Crippen LogP contribution in [0.3, 0.4) is 0 Å². The molecule has 0 unspecified atom stereocenters. The van der Waals surface area contributed by atoms with E-state index in [9.17, 15) is 9.90 Å². The van der Waals surface area contributed by atoms with E-state index in [0.29, 0.717) is 12.1 Å². The van der Waals surface area contributed by atoms with E-state index in [-0.39, 0.29) is 18.1 Å². The molecule has 2 aliphatic carbocycles. The SMILES string of the molecule is CC(C)(CO)CCCNC(=O)N(C1CCCC1)C1CC1. The summed E-state index contributed by atoms with van der Waals surface area (Å²) >= 11 is 0. The molecule has 4 heteroatoms. The fourth-order valence-electron chi connectivity index (χ4n) is 3.10. The second-order valence-corrected chi connectivity index (χ2v) is 7.23. The van der Waals surface area contributed by atoms with Crippen molar-refractivity contribution in [3.05, 3.63) is 0 Å². The molecule has 116 valence electrons. The molecule has 20 heavy (non-hydrogen) atoms. The monoisotopic (exact) mass is 282 g/mol. The van der Waals surface area contributed by atoms with Gasteiger partial charge in [0.15, 0.2) is 0 Å². The Morgan fingerprint density at radius 3 is 2.35 bits per heavy atom. The number of hydrogen-bond acceptors (Lipinski definition) is 2. The van der Waals surface area contributed by atoms with Crippen LogP contribution in [-0.2, 0) is 0 Å². The number of nitrogens with zero attached hydrogens (tertiary/aromatic N) is 1. The smallest absolute Gasteiger partial charge is 0.317 e. The van der Waals surface area contributed by atoms with Crippen LogP contribution in [0.4, 0.5) is 4.79 Å². The summed E-state index contributed by atoms with van der Waals surface area (Å²) in [7, 11) is 0. The summed E-state index contributed by atoms with van der Waals surface area (Å²) in [5.41, 5.74) is -0.0354. The number of nitrogens with one attached hydrogen (secondary N) is 1. The number of aliphatic hydroxyl groups is 1. The van der Waals surface area contributed by atoms with Gasteiger partial charge in [-0.25, -0.2) is 4.79 Å². The molecule has 0 aromatic heterocycles. The van der Waals surface area contributed by atoms with E-state index in [0.717, 1.165) is 19.4 Å². The van der Waals surface area contributed by atoms with Crippen molar-refractivity contribution in [3.8, 4) is 0 Å². The third kappa shape index (κ3) is 4.37. The molecule has 0 aromatic carbocycles. The number of carbonyl (C=O) groups excluding carboxylic acids is 1. The zero-order chi connectivity index (χ0) is 14.6. The van der Waals surface area contributed by atoms with E-state index >= 15 is 0 Å². The Morgan fingerprint density at radius 2 is 1.80 bits per heavy atom. The van der Waals surface area contributed by atoms with Crippen LogP contribution in [0.25, 0.3) is 0 Å². The van der Waals surface area contributed by atoms with E-state index in [1.807, 2.05) is 0 Å². The van der Waals surface area contributed by atoms with Gasteiger partial charge in [-0.2, -0.15) is 0 Å². The molecule has 0 heterocycles. The first-order chi connectivity index (χ1) is 9.53. The fraction of sp³-hybridized carbons (Fsp3) is 0.938. The van der Waals surface area contributed by atoms with Crippen LogP contribution in [0.15, 0.2) is 0 Å². The summed E-state index contributed by atoms with van der Waals surface area (Å²) in [4.78, 5) is 14.5. The number of hydrogen-bond donors (Lipinski definition) is 2. The molecule has 2 fully saturated rings. The first-order valence-electron chi connectivity index (χ1n) is 8.20. The van der Waals surface area contributed by atoms with E-state index in [1.54, 1.807) is 0 Å². The lowest BCUT2D eigenvalue weighted by Crippen LogP contribution is -2.46. The van der Waals surface area contributed by atoms with Crippen molar-refractivity contribution in [2.75, 3.05) is 13.2 Å². The second-order valence-electron chi connectivity index (χ2n) is 7.23. The quantitative estimate of drug-likeness (QED) is 0.705. The maximum atomic E-state index is 12.4. The van der Waals surface area contributed by atoms with Crippen molar-refractivity contribution in [1.29, 1.82) is 0 Å². The maximum absolute atomic E-state index is 12.4. The van der Waals surface area contributed by atoms with E-state index in [1.165, 1.54) is 38.5 Å². The number of aliphatic hydroxyl groups excluding tert-OH is 1. The van der Waals surface area contributed by atoms with Crippen LogP contribution in [0.1, 0.15) is 65.2 Å². The zero-order valence-electron chi connectivity index (χ0n) is 13.0. The summed E-state index contributed by atoms with van der Waals surface area (Å²) in [6.07, 6.45) is 9.14. The predicted octanol–water partition coefficient (Wildman–Crippen LogP) is 2.90. The highest BCUT2D eigenvalue weighted by Crippen LogP contribution is 2.34. The van der Waals surface area contributed by atoms with Crippen molar-refractivity contribution in [2.45, 2.75) is 77.3 Å². The van der Waals surface area contributed by atoms with Gasteiger partial charge >= 0.3 is 6.03 Å². The lowest BCUT2D eigenvalue weighted by molar-refractivity contribution is 0.146. The Morgan fingerprint density at radius 1 is 1.20 bits per heavy atom. The lowest BCUT2D eigenvalue weighted by atomic mass is 9.89. The summed E-state index contributed by atoms with van der Waals surface area (Å²) in [5, 5.41) is 12.3. The number of carbonyl (C=O) groups is 1. The zero-order valence-corrected chi connectivity index (χ0v) is 13.0. The van der Waals surface area contributed by atoms with Gasteiger partial charge in [-0.3, -0.25) is 0 Å². The summed E-state index contributed by atoms with van der Waals surface area (Å²) in [5.74, 6) is 0. The van der Waals surface area contributed by atoms with Crippen LogP contribution < -0.4 is 5.32 Å². The minimum Gasteiger partial charge on any atom is -0.396 e. The Balaban J connectivity index is 1.72. The van der Waals surface area contributed by atoms with E-state index < -0.39 is 0 Å². The standard InChI is InChI=1S/C16H30N2O2/c1-16(2,12-19)10-5-11-17-15(20)18(14-8-9-14)13-6-3-4-7-13/h13-14,19H,3-12H2,1-2H3,(H,17,20). The topological polar surface area (TPSA) is 52.6 Å². The van der Waals surface area contributed by atoms with Gasteiger partial charge in [0.1, 0.15) is 0 Å². The molecule has 4 nitrogen and oxygen atoms in total. The van der Waals surface area contributed by atoms with Gasteiger partial charge in [0.2, 0.25) is 0 Å². The Hall–Kier alpha value is -0.770. The third-order valence-electron chi connectivity index (χ3n) is 4.63. The Bertz CT molecular complexity index is 320. The summed E-state index contributed by atoms with van der Waals surface area (Å²) in [6, 6.07) is 1.13. The summed E-state index contributed by atoms with van der Waals surface area (Å²) in [6.45, 7) is 5.04. The lowest BCUT2D eigenvalue weighted by Gasteiger charge is -2.29. The highest BCUT2D eigenvalue weighted by molar-refractivity contribution is 5.75. The van der Waals surface area contributed by atoms with Crippen LogP contribution >= 0.6 is 0 Å². The van der Waals surface area contributed by atoms with Crippen molar-refractivity contribution >= 4 is 6.03 Å². The fourth-order valence-corrected chi connectivity index (χ4v) is 3.10. The molecule has 0 radical (unpaired) electrons. The molecular formula is C16H30N2O2.